The molecule has 0 radical (unpaired) electrons. The zero-order chi connectivity index (χ0) is 28.7. The van der Waals surface area contributed by atoms with Crippen molar-refractivity contribution in [3.05, 3.63) is 58.8 Å². The van der Waals surface area contributed by atoms with Gasteiger partial charge in [0.25, 0.3) is 0 Å². The first-order valence-corrected chi connectivity index (χ1v) is 13.6. The van der Waals surface area contributed by atoms with E-state index in [2.05, 4.69) is 30.5 Å². The van der Waals surface area contributed by atoms with Crippen LogP contribution in [0.3, 0.4) is 0 Å². The first-order chi connectivity index (χ1) is 18.9. The Morgan fingerprint density at radius 3 is 2.86 bits per heavy atom. The lowest BCUT2D eigenvalue weighted by molar-refractivity contribution is 0.185. The van der Waals surface area contributed by atoms with E-state index in [1.807, 2.05) is 0 Å². The van der Waals surface area contributed by atoms with Gasteiger partial charge in [0.05, 0.1) is 40.5 Å². The molecule has 1 aliphatic heterocycles. The lowest BCUT2D eigenvalue weighted by atomic mass is 10.1. The van der Waals surface area contributed by atoms with Crippen molar-refractivity contribution in [2.24, 2.45) is 0 Å². The second kappa shape index (κ2) is 10.3. The smallest absolute Gasteiger partial charge is 0.231 e. The summed E-state index contributed by atoms with van der Waals surface area (Å²) in [4.78, 5) is 12.1. The molecule has 1 saturated heterocycles. The summed E-state index contributed by atoms with van der Waals surface area (Å²) in [5.74, 6) is 0.116. The highest BCUT2D eigenvalue weighted by molar-refractivity contribution is 7.90. The maximum absolute atomic E-state index is 15.0. The van der Waals surface area contributed by atoms with E-state index in [0.717, 1.165) is 0 Å². The molecule has 194 valence electrons. The normalized spacial score (nSPS) is 22.0. The summed E-state index contributed by atoms with van der Waals surface area (Å²) in [6, 6.07) is 4.39. The van der Waals surface area contributed by atoms with Crippen LogP contribution in [0.5, 0.6) is 0 Å². The molecule has 0 unspecified atom stereocenters. The van der Waals surface area contributed by atoms with Crippen LogP contribution in [0.2, 0.25) is 5.02 Å². The van der Waals surface area contributed by atoms with E-state index in [0.29, 0.717) is 34.7 Å². The summed E-state index contributed by atoms with van der Waals surface area (Å²) >= 11 is 6.44. The number of alkyl halides is 1. The van der Waals surface area contributed by atoms with Gasteiger partial charge in [0.1, 0.15) is 6.17 Å². The zero-order valence-corrected chi connectivity index (χ0v) is 21.2. The van der Waals surface area contributed by atoms with Gasteiger partial charge in [0, 0.05) is 41.7 Å². The molecule has 2 atom stereocenters. The quantitative estimate of drug-likeness (QED) is 0.415. The largest absolute Gasteiger partial charge is 0.349 e. The van der Waals surface area contributed by atoms with Crippen LogP contribution in [0.25, 0.3) is 21.8 Å². The van der Waals surface area contributed by atoms with Crippen molar-refractivity contribution in [2.75, 3.05) is 25.4 Å². The third kappa shape index (κ3) is 5.31. The number of benzene rings is 1. The van der Waals surface area contributed by atoms with Crippen molar-refractivity contribution >= 4 is 33.3 Å². The first kappa shape index (κ1) is 21.9. The van der Waals surface area contributed by atoms with E-state index in [9.17, 15) is 8.42 Å². The van der Waals surface area contributed by atoms with Crippen LogP contribution in [-0.4, -0.2) is 70.0 Å². The van der Waals surface area contributed by atoms with Crippen LogP contribution in [0, 0.1) is 6.57 Å². The molecule has 2 aliphatic rings. The molecular weight excluding hydrogens is 519 g/mol. The molecule has 1 aromatic carbocycles. The van der Waals surface area contributed by atoms with Crippen molar-refractivity contribution in [1.29, 1.82) is 0 Å². The Morgan fingerprint density at radius 1 is 1.32 bits per heavy atom. The Labute approximate surface area is 224 Å². The van der Waals surface area contributed by atoms with Gasteiger partial charge in [-0.1, -0.05) is 17.7 Å². The Balaban J connectivity index is 1.31. The lowest BCUT2D eigenvalue weighted by Gasteiger charge is -2.34. The zero-order valence-electron chi connectivity index (χ0n) is 22.6. The molecule has 1 saturated carbocycles. The summed E-state index contributed by atoms with van der Waals surface area (Å²) in [6.45, 7) is 5.36. The van der Waals surface area contributed by atoms with Crippen LogP contribution >= 0.6 is 11.6 Å². The van der Waals surface area contributed by atoms with Gasteiger partial charge in [-0.2, -0.15) is 9.40 Å². The number of aromatic nitrogens is 4. The molecule has 1 aliphatic carbocycles. The third-order valence-corrected chi connectivity index (χ3v) is 9.09. The average Bonchev–Trinajstić information content (AvgIpc) is 3.67. The van der Waals surface area contributed by atoms with Gasteiger partial charge in [-0.25, -0.2) is 32.3 Å². The first-order valence-electron chi connectivity index (χ1n) is 13.2. The summed E-state index contributed by atoms with van der Waals surface area (Å²) in [6.07, 6.45) is 4.55. The summed E-state index contributed by atoms with van der Waals surface area (Å²) in [5.41, 5.74) is 2.18. The fraction of sp³-hybridized carbons (Fsp3) is 0.417. The monoisotopic (exact) mass is 547 g/mol. The van der Waals surface area contributed by atoms with Gasteiger partial charge in [-0.3, -0.25) is 0 Å². The van der Waals surface area contributed by atoms with Gasteiger partial charge in [-0.05, 0) is 43.9 Å². The fourth-order valence-corrected chi connectivity index (χ4v) is 6.43. The molecule has 0 bridgehead atoms. The second-order valence-corrected chi connectivity index (χ2v) is 11.6. The maximum atomic E-state index is 15.0. The molecule has 13 heteroatoms. The minimum Gasteiger partial charge on any atom is -0.349 e. The van der Waals surface area contributed by atoms with Crippen molar-refractivity contribution in [3.8, 4) is 16.9 Å². The van der Waals surface area contributed by atoms with Gasteiger partial charge in [0.15, 0.2) is 0 Å². The Kier molecular flexibility index (Phi) is 6.12. The number of anilines is 1. The number of sulfonamides is 1. The molecule has 2 N–H and O–H groups in total. The van der Waals surface area contributed by atoms with Crippen LogP contribution in [0.15, 0.2) is 36.8 Å². The number of rotatable bonds is 8. The van der Waals surface area contributed by atoms with Gasteiger partial charge in [-0.15, -0.1) is 0 Å². The van der Waals surface area contributed by atoms with E-state index < -0.39 is 29.2 Å². The number of piperidine rings is 1. The van der Waals surface area contributed by atoms with E-state index in [4.69, 9.17) is 22.3 Å². The highest BCUT2D eigenvalue weighted by Gasteiger charge is 2.43. The van der Waals surface area contributed by atoms with E-state index in [-0.39, 0.29) is 48.6 Å². The minimum absolute atomic E-state index is 0.112. The molecular formula is C24H26ClFN8O2S. The molecule has 2 fully saturated rings. The lowest BCUT2D eigenvalue weighted by Crippen LogP contribution is -2.50. The molecule has 0 spiro atoms. The second-order valence-electron chi connectivity index (χ2n) is 9.01. The SMILES string of the molecule is [2H]C([2H])([2H])NCc1ccc(-n2cc(-c3nc(N[C@H]4CCN(S(=O)(=O)C5CC5)C[C@H]4F)ncc3[N+]#[C-])cn2)c(Cl)c1. The average molecular weight is 548 g/mol. The van der Waals surface area contributed by atoms with Crippen LogP contribution < -0.4 is 10.6 Å². The number of hydrogen-bond donors (Lipinski definition) is 2. The van der Waals surface area contributed by atoms with Crippen molar-refractivity contribution in [2.45, 2.75) is 43.3 Å². The Bertz CT molecular complexity index is 1560. The fourth-order valence-electron chi connectivity index (χ4n) is 4.28. The molecule has 2 aromatic heterocycles. The molecule has 3 aromatic rings. The molecule has 0 amide bonds. The van der Waals surface area contributed by atoms with E-state index in [1.165, 1.54) is 21.4 Å². The summed E-state index contributed by atoms with van der Waals surface area (Å²) < 4.78 is 64.5. The van der Waals surface area contributed by atoms with Gasteiger partial charge < -0.3 is 10.6 Å². The van der Waals surface area contributed by atoms with Gasteiger partial charge in [0.2, 0.25) is 21.7 Å². The van der Waals surface area contributed by atoms with E-state index in [1.54, 1.807) is 24.4 Å². The predicted octanol–water partition coefficient (Wildman–Crippen LogP) is 3.57. The number of nitrogens with zero attached hydrogens (tertiary/aromatic N) is 6. The number of hydrogen-bond acceptors (Lipinski definition) is 7. The van der Waals surface area contributed by atoms with Crippen molar-refractivity contribution in [3.63, 3.8) is 0 Å². The summed E-state index contributed by atoms with van der Waals surface area (Å²) in [7, 11) is -3.45. The molecule has 10 nitrogen and oxygen atoms in total. The molecule has 3 heterocycles. The van der Waals surface area contributed by atoms with Crippen LogP contribution in [0.1, 0.15) is 28.9 Å². The topological polar surface area (TPSA) is 109 Å². The standard InChI is InChI=1S/C24H26ClFN8O2S/c1-27-10-15-3-6-22(18(25)9-15)34-13-16(11-30-34)23-21(28-2)12-29-24(32-23)31-20-7-8-33(14-19(20)26)37(35,36)17-4-5-17/h3,6,9,11-13,17,19-20,27H,4-5,7-8,10,14H2,1H3,(H,29,31,32)/t19-,20+/m1/s1/i1D3. The van der Waals surface area contributed by atoms with Crippen LogP contribution in [-0.2, 0) is 16.6 Å². The molecule has 37 heavy (non-hydrogen) atoms. The molecule has 5 rings (SSSR count). The minimum atomic E-state index is -3.45. The Hall–Kier alpha value is -3.11. The number of nitrogens with one attached hydrogen (secondary N) is 2. The van der Waals surface area contributed by atoms with Crippen molar-refractivity contribution in [1.82, 2.24) is 29.4 Å². The Morgan fingerprint density at radius 2 is 2.16 bits per heavy atom. The highest BCUT2D eigenvalue weighted by Crippen LogP contribution is 2.34. The van der Waals surface area contributed by atoms with Gasteiger partial charge >= 0.3 is 0 Å². The predicted molar refractivity (Wildman–Crippen MR) is 139 cm³/mol. The third-order valence-electron chi connectivity index (χ3n) is 6.42. The maximum Gasteiger partial charge on any atom is 0.231 e. The van der Waals surface area contributed by atoms with Crippen molar-refractivity contribution < 1.29 is 16.9 Å². The number of halogens is 2. The van der Waals surface area contributed by atoms with Crippen LogP contribution in [0.4, 0.5) is 16.0 Å². The van der Waals surface area contributed by atoms with E-state index >= 15 is 4.39 Å². The highest BCUT2D eigenvalue weighted by atomic mass is 35.5. The summed E-state index contributed by atoms with van der Waals surface area (Å²) in [5, 5.41) is 9.71.